The molecule has 0 bridgehead atoms. The number of nitrogens with one attached hydrogen (secondary N) is 1. The Morgan fingerprint density at radius 3 is 2.67 bits per heavy atom. The fourth-order valence-corrected chi connectivity index (χ4v) is 3.44. The highest BCUT2D eigenvalue weighted by Gasteiger charge is 2.51. The third-order valence-electron chi connectivity index (χ3n) is 5.00. The summed E-state index contributed by atoms with van der Waals surface area (Å²) < 4.78 is 50.7. The van der Waals surface area contributed by atoms with Gasteiger partial charge in [-0.2, -0.15) is 13.2 Å². The van der Waals surface area contributed by atoms with Crippen molar-refractivity contribution in [2.45, 2.75) is 63.8 Å². The fraction of sp³-hybridized carbons (Fsp3) is 0.889. The molecular weight excluding hydrogens is 365 g/mol. The molecular formula is C18H29F3N2O4. The zero-order valence-electron chi connectivity index (χ0n) is 15.7. The minimum atomic E-state index is -4.48. The second kappa shape index (κ2) is 10.3. The van der Waals surface area contributed by atoms with Crippen molar-refractivity contribution in [1.29, 1.82) is 0 Å². The lowest BCUT2D eigenvalue weighted by molar-refractivity contribution is -0.176. The first kappa shape index (κ1) is 21.9. The molecule has 27 heavy (non-hydrogen) atoms. The molecule has 1 unspecified atom stereocenters. The van der Waals surface area contributed by atoms with Gasteiger partial charge in [0.15, 0.2) is 0 Å². The number of rotatable bonds is 9. The van der Waals surface area contributed by atoms with Crippen molar-refractivity contribution in [2.75, 3.05) is 32.9 Å². The molecule has 2 amide bonds. The van der Waals surface area contributed by atoms with Crippen molar-refractivity contribution in [3.8, 4) is 0 Å². The van der Waals surface area contributed by atoms with Crippen molar-refractivity contribution in [1.82, 2.24) is 10.2 Å². The van der Waals surface area contributed by atoms with Crippen LogP contribution in [0, 0.1) is 5.92 Å². The van der Waals surface area contributed by atoms with Crippen LogP contribution in [0.1, 0.15) is 45.4 Å². The van der Waals surface area contributed by atoms with Gasteiger partial charge in [0, 0.05) is 26.1 Å². The van der Waals surface area contributed by atoms with Crippen LogP contribution in [0.15, 0.2) is 0 Å². The SMILES string of the molecule is CCCCCC(=O)N[C@@H]1CN(C(=O)COCC2CCCO2)C[C@H]1C(F)(F)F. The third kappa shape index (κ3) is 6.95. The van der Waals surface area contributed by atoms with Crippen molar-refractivity contribution < 1.29 is 32.2 Å². The van der Waals surface area contributed by atoms with E-state index in [1.165, 1.54) is 0 Å². The van der Waals surface area contributed by atoms with E-state index < -0.39 is 36.5 Å². The molecule has 2 fully saturated rings. The van der Waals surface area contributed by atoms with Gasteiger partial charge in [-0.3, -0.25) is 9.59 Å². The average Bonchev–Trinajstić information content (AvgIpc) is 3.24. The van der Waals surface area contributed by atoms with Gasteiger partial charge >= 0.3 is 6.18 Å². The highest BCUT2D eigenvalue weighted by Crippen LogP contribution is 2.34. The van der Waals surface area contributed by atoms with Crippen LogP contribution in [0.25, 0.3) is 0 Å². The molecule has 0 radical (unpaired) electrons. The number of carbonyl (C=O) groups excluding carboxylic acids is 2. The van der Waals surface area contributed by atoms with Gasteiger partial charge in [-0.15, -0.1) is 0 Å². The number of unbranched alkanes of at least 4 members (excludes halogenated alkanes) is 2. The molecule has 1 N–H and O–H groups in total. The fourth-order valence-electron chi connectivity index (χ4n) is 3.44. The van der Waals surface area contributed by atoms with Gasteiger partial charge in [-0.1, -0.05) is 19.8 Å². The van der Waals surface area contributed by atoms with Crippen LogP contribution in [0.3, 0.4) is 0 Å². The average molecular weight is 394 g/mol. The zero-order valence-corrected chi connectivity index (χ0v) is 15.7. The molecule has 0 aromatic heterocycles. The molecule has 2 aliphatic heterocycles. The lowest BCUT2D eigenvalue weighted by atomic mass is 10.0. The van der Waals surface area contributed by atoms with Gasteiger partial charge < -0.3 is 19.7 Å². The molecule has 9 heteroatoms. The summed E-state index contributed by atoms with van der Waals surface area (Å²) in [5.74, 6) is -2.65. The summed E-state index contributed by atoms with van der Waals surface area (Å²) in [4.78, 5) is 25.3. The van der Waals surface area contributed by atoms with Gasteiger partial charge in [0.1, 0.15) is 6.61 Å². The van der Waals surface area contributed by atoms with Gasteiger partial charge in [-0.05, 0) is 19.3 Å². The number of alkyl halides is 3. The molecule has 2 rings (SSSR count). The Bertz CT molecular complexity index is 495. The monoisotopic (exact) mass is 394 g/mol. The normalized spacial score (nSPS) is 25.8. The standard InChI is InChI=1S/C18H29F3N2O4/c1-2-3-4-7-16(24)22-15-10-23(9-14(15)18(19,20)21)17(25)12-26-11-13-6-5-8-27-13/h13-15H,2-12H2,1H3,(H,22,24)/t13?,14-,15-/m1/s1. The predicted octanol–water partition coefficient (Wildman–Crippen LogP) is 2.27. The number of nitrogens with zero attached hydrogens (tertiary/aromatic N) is 1. The van der Waals surface area contributed by atoms with Crippen LogP contribution in [-0.2, 0) is 19.1 Å². The summed E-state index contributed by atoms with van der Waals surface area (Å²) in [5.41, 5.74) is 0. The first-order valence-electron chi connectivity index (χ1n) is 9.64. The maximum atomic E-state index is 13.3. The maximum Gasteiger partial charge on any atom is 0.395 e. The number of ether oxygens (including phenoxy) is 2. The molecule has 2 heterocycles. The Morgan fingerprint density at radius 2 is 2.04 bits per heavy atom. The van der Waals surface area contributed by atoms with Crippen LogP contribution in [0.4, 0.5) is 13.2 Å². The minimum Gasteiger partial charge on any atom is -0.376 e. The number of likely N-dealkylation sites (tertiary alicyclic amines) is 1. The summed E-state index contributed by atoms with van der Waals surface area (Å²) in [7, 11) is 0. The van der Waals surface area contributed by atoms with Gasteiger partial charge in [0.05, 0.1) is 24.7 Å². The van der Waals surface area contributed by atoms with Gasteiger partial charge in [0.2, 0.25) is 11.8 Å². The maximum absolute atomic E-state index is 13.3. The Kier molecular flexibility index (Phi) is 8.34. The number of hydrogen-bond acceptors (Lipinski definition) is 4. The predicted molar refractivity (Wildman–Crippen MR) is 92.0 cm³/mol. The van der Waals surface area contributed by atoms with E-state index in [4.69, 9.17) is 9.47 Å². The Balaban J connectivity index is 1.83. The number of carbonyl (C=O) groups is 2. The van der Waals surface area contributed by atoms with Gasteiger partial charge in [0.25, 0.3) is 0 Å². The summed E-state index contributed by atoms with van der Waals surface area (Å²) in [5, 5.41) is 2.47. The van der Waals surface area contributed by atoms with Crippen LogP contribution in [-0.4, -0.2) is 67.9 Å². The molecule has 6 nitrogen and oxygen atoms in total. The van der Waals surface area contributed by atoms with Crippen LogP contribution >= 0.6 is 0 Å². The lowest BCUT2D eigenvalue weighted by Gasteiger charge is -2.21. The molecule has 0 aromatic carbocycles. The smallest absolute Gasteiger partial charge is 0.376 e. The molecule has 0 aromatic rings. The summed E-state index contributed by atoms with van der Waals surface area (Å²) >= 11 is 0. The first-order chi connectivity index (χ1) is 12.8. The minimum absolute atomic E-state index is 0.0468. The van der Waals surface area contributed by atoms with Crippen molar-refractivity contribution in [2.24, 2.45) is 5.92 Å². The third-order valence-corrected chi connectivity index (χ3v) is 5.00. The summed E-state index contributed by atoms with van der Waals surface area (Å²) in [6.07, 6.45) is -0.0900. The van der Waals surface area contributed by atoms with E-state index in [9.17, 15) is 22.8 Å². The largest absolute Gasteiger partial charge is 0.395 e. The Labute approximate surface area is 157 Å². The highest BCUT2D eigenvalue weighted by molar-refractivity contribution is 5.79. The Morgan fingerprint density at radius 1 is 1.26 bits per heavy atom. The molecule has 156 valence electrons. The second-order valence-electron chi connectivity index (χ2n) is 7.23. The van der Waals surface area contributed by atoms with E-state index in [0.29, 0.717) is 13.0 Å². The lowest BCUT2D eigenvalue weighted by Crippen LogP contribution is -2.45. The molecule has 0 aliphatic carbocycles. The molecule has 3 atom stereocenters. The summed E-state index contributed by atoms with van der Waals surface area (Å²) in [6.45, 7) is 2.04. The number of amides is 2. The van der Waals surface area contributed by atoms with Crippen LogP contribution in [0.2, 0.25) is 0 Å². The molecule has 2 aliphatic rings. The van der Waals surface area contributed by atoms with Crippen molar-refractivity contribution >= 4 is 11.8 Å². The molecule has 0 spiro atoms. The van der Waals surface area contributed by atoms with Crippen molar-refractivity contribution in [3.63, 3.8) is 0 Å². The van der Waals surface area contributed by atoms with E-state index in [-0.39, 0.29) is 32.3 Å². The highest BCUT2D eigenvalue weighted by atomic mass is 19.4. The topological polar surface area (TPSA) is 67.9 Å². The quantitative estimate of drug-likeness (QED) is 0.609. The van der Waals surface area contributed by atoms with E-state index in [0.717, 1.165) is 30.6 Å². The van der Waals surface area contributed by atoms with Gasteiger partial charge in [-0.25, -0.2) is 0 Å². The van der Waals surface area contributed by atoms with Crippen LogP contribution in [0.5, 0.6) is 0 Å². The van der Waals surface area contributed by atoms with Crippen LogP contribution < -0.4 is 5.32 Å². The summed E-state index contributed by atoms with van der Waals surface area (Å²) in [6, 6.07) is -1.11. The van der Waals surface area contributed by atoms with E-state index in [2.05, 4.69) is 5.32 Å². The van der Waals surface area contributed by atoms with Crippen molar-refractivity contribution in [3.05, 3.63) is 0 Å². The van der Waals surface area contributed by atoms with E-state index in [1.807, 2.05) is 6.92 Å². The second-order valence-corrected chi connectivity index (χ2v) is 7.23. The number of halogens is 3. The molecule has 0 saturated carbocycles. The van der Waals surface area contributed by atoms with E-state index >= 15 is 0 Å². The first-order valence-corrected chi connectivity index (χ1v) is 9.64. The number of hydrogen-bond donors (Lipinski definition) is 1. The zero-order chi connectivity index (χ0) is 19.9. The Hall–Kier alpha value is -1.35. The van der Waals surface area contributed by atoms with E-state index in [1.54, 1.807) is 0 Å². The molecule has 2 saturated heterocycles.